The van der Waals surface area contributed by atoms with Gasteiger partial charge < -0.3 is 9.55 Å². The van der Waals surface area contributed by atoms with E-state index in [-0.39, 0.29) is 0 Å². The Morgan fingerprint density at radius 1 is 0.929 bits per heavy atom. The minimum atomic E-state index is 1.10. The fourth-order valence-corrected chi connectivity index (χ4v) is 1.76. The largest absolute Gasteiger partial charge is 0.348 e. The highest BCUT2D eigenvalue weighted by Gasteiger charge is 2.01. The molecule has 0 radical (unpaired) electrons. The van der Waals surface area contributed by atoms with E-state index in [1.807, 2.05) is 12.3 Å². The molecule has 0 aliphatic heterocycles. The fraction of sp³-hybridized carbons (Fsp3) is 0. The summed E-state index contributed by atoms with van der Waals surface area (Å²) in [5.74, 6) is 1.10. The van der Waals surface area contributed by atoms with E-state index >= 15 is 0 Å². The molecule has 0 atom stereocenters. The van der Waals surface area contributed by atoms with Crippen molar-refractivity contribution in [2.24, 2.45) is 0 Å². The number of nitrogens with one attached hydrogen (secondary N) is 1. The number of hydrogen-bond donors (Lipinski definition) is 1. The predicted octanol–water partition coefficient (Wildman–Crippen LogP) is 2.96. The maximum atomic E-state index is 3.19. The summed E-state index contributed by atoms with van der Waals surface area (Å²) in [6, 6.07) is 14.5. The maximum Gasteiger partial charge on any atom is 0.114 e. The van der Waals surface area contributed by atoms with Gasteiger partial charge in [-0.05, 0) is 29.7 Å². The van der Waals surface area contributed by atoms with Crippen LogP contribution in [0.25, 0.3) is 16.7 Å². The van der Waals surface area contributed by atoms with Crippen molar-refractivity contribution < 1.29 is 0 Å². The van der Waals surface area contributed by atoms with Gasteiger partial charge in [0.25, 0.3) is 0 Å². The second-order valence-corrected chi connectivity index (χ2v) is 3.30. The number of nitrogens with zero attached hydrogens (tertiary/aromatic N) is 1. The van der Waals surface area contributed by atoms with Crippen LogP contribution >= 0.6 is 0 Å². The molecule has 2 heteroatoms. The average molecular weight is 182 g/mol. The van der Waals surface area contributed by atoms with E-state index in [0.29, 0.717) is 0 Å². The van der Waals surface area contributed by atoms with Gasteiger partial charge in [0.15, 0.2) is 0 Å². The van der Waals surface area contributed by atoms with Gasteiger partial charge in [-0.1, -0.05) is 18.2 Å². The Morgan fingerprint density at radius 2 is 1.86 bits per heavy atom. The molecule has 3 aromatic rings. The van der Waals surface area contributed by atoms with Crippen molar-refractivity contribution in [1.82, 2.24) is 9.55 Å². The van der Waals surface area contributed by atoms with Crippen molar-refractivity contribution in [3.8, 4) is 5.82 Å². The minimum absolute atomic E-state index is 1.10. The summed E-state index contributed by atoms with van der Waals surface area (Å²) in [6.45, 7) is 0. The molecule has 0 aliphatic rings. The highest BCUT2D eigenvalue weighted by molar-refractivity contribution is 5.81. The highest BCUT2D eigenvalue weighted by Crippen LogP contribution is 2.18. The lowest BCUT2D eigenvalue weighted by atomic mass is 10.2. The van der Waals surface area contributed by atoms with Gasteiger partial charge >= 0.3 is 0 Å². The highest BCUT2D eigenvalue weighted by atomic mass is 15.0. The molecule has 1 aromatic carbocycles. The van der Waals surface area contributed by atoms with Crippen molar-refractivity contribution >= 4 is 10.9 Å². The lowest BCUT2D eigenvalue weighted by Crippen LogP contribution is -1.90. The number of benzene rings is 1. The maximum absolute atomic E-state index is 3.19. The molecule has 2 aromatic heterocycles. The van der Waals surface area contributed by atoms with Crippen molar-refractivity contribution in [3.63, 3.8) is 0 Å². The average Bonchev–Trinajstić information content (AvgIpc) is 2.85. The summed E-state index contributed by atoms with van der Waals surface area (Å²) >= 11 is 0. The number of fused-ring (bicyclic) bond motifs is 1. The van der Waals surface area contributed by atoms with E-state index in [1.165, 1.54) is 10.9 Å². The predicted molar refractivity (Wildman–Crippen MR) is 57.6 cm³/mol. The van der Waals surface area contributed by atoms with Crippen LogP contribution in [0, 0.1) is 0 Å². The van der Waals surface area contributed by atoms with Crippen LogP contribution in [0.15, 0.2) is 54.9 Å². The normalized spacial score (nSPS) is 10.9. The van der Waals surface area contributed by atoms with Gasteiger partial charge in [-0.2, -0.15) is 0 Å². The lowest BCUT2D eigenvalue weighted by molar-refractivity contribution is 1.07. The summed E-state index contributed by atoms with van der Waals surface area (Å²) in [5, 5.41) is 1.27. The van der Waals surface area contributed by atoms with E-state index in [2.05, 4.69) is 52.1 Å². The van der Waals surface area contributed by atoms with Gasteiger partial charge in [0.2, 0.25) is 0 Å². The minimum Gasteiger partial charge on any atom is -0.348 e. The molecule has 1 N–H and O–H groups in total. The van der Waals surface area contributed by atoms with Crippen molar-refractivity contribution in [3.05, 3.63) is 54.9 Å². The summed E-state index contributed by atoms with van der Waals surface area (Å²) in [7, 11) is 0. The molecule has 0 spiro atoms. The van der Waals surface area contributed by atoms with Crippen LogP contribution < -0.4 is 0 Å². The summed E-state index contributed by atoms with van der Waals surface area (Å²) < 4.78 is 2.15. The smallest absolute Gasteiger partial charge is 0.114 e. The molecule has 14 heavy (non-hydrogen) atoms. The van der Waals surface area contributed by atoms with E-state index in [4.69, 9.17) is 0 Å². The van der Waals surface area contributed by atoms with Crippen molar-refractivity contribution in [2.75, 3.05) is 0 Å². The summed E-state index contributed by atoms with van der Waals surface area (Å²) in [6.07, 6.45) is 4.01. The number of aromatic amines is 1. The molecule has 0 fully saturated rings. The number of para-hydroxylation sites is 1. The van der Waals surface area contributed by atoms with Crippen LogP contribution in [-0.4, -0.2) is 9.55 Å². The Bertz CT molecular complexity index is 546. The first kappa shape index (κ1) is 7.44. The van der Waals surface area contributed by atoms with E-state index in [9.17, 15) is 0 Å². The third-order valence-electron chi connectivity index (χ3n) is 2.44. The van der Waals surface area contributed by atoms with Gasteiger partial charge in [0, 0.05) is 12.4 Å². The third kappa shape index (κ3) is 0.973. The molecule has 2 heterocycles. The second kappa shape index (κ2) is 2.77. The van der Waals surface area contributed by atoms with E-state index in [0.717, 1.165) is 5.82 Å². The monoisotopic (exact) mass is 182 g/mol. The molecule has 0 saturated heterocycles. The molecule has 2 nitrogen and oxygen atoms in total. The van der Waals surface area contributed by atoms with Gasteiger partial charge in [-0.15, -0.1) is 0 Å². The Labute approximate surface area is 81.8 Å². The topological polar surface area (TPSA) is 20.7 Å². The molecular formula is C12H10N2. The standard InChI is InChI=1S/C12H10N2/c1-2-5-11-10(4-1)7-9-14(11)12-6-3-8-13-12/h1-9,13H. The zero-order chi connectivity index (χ0) is 9.38. The molecule has 68 valence electrons. The zero-order valence-corrected chi connectivity index (χ0v) is 7.64. The lowest BCUT2D eigenvalue weighted by Gasteiger charge is -2.00. The van der Waals surface area contributed by atoms with Crippen LogP contribution in [0.5, 0.6) is 0 Å². The zero-order valence-electron chi connectivity index (χ0n) is 7.64. The molecular weight excluding hydrogens is 172 g/mol. The van der Waals surface area contributed by atoms with Gasteiger partial charge in [-0.3, -0.25) is 0 Å². The number of rotatable bonds is 1. The summed E-state index contributed by atoms with van der Waals surface area (Å²) in [4.78, 5) is 3.19. The summed E-state index contributed by atoms with van der Waals surface area (Å²) in [5.41, 5.74) is 1.23. The Balaban J connectivity index is 2.33. The molecule has 0 bridgehead atoms. The van der Waals surface area contributed by atoms with Crippen LogP contribution in [-0.2, 0) is 0 Å². The molecule has 0 aliphatic carbocycles. The van der Waals surface area contributed by atoms with Crippen molar-refractivity contribution in [2.45, 2.75) is 0 Å². The third-order valence-corrected chi connectivity index (χ3v) is 2.44. The number of hydrogen-bond acceptors (Lipinski definition) is 0. The van der Waals surface area contributed by atoms with Crippen molar-refractivity contribution in [1.29, 1.82) is 0 Å². The quantitative estimate of drug-likeness (QED) is 0.597. The van der Waals surface area contributed by atoms with Gasteiger partial charge in [0.05, 0.1) is 5.52 Å². The Morgan fingerprint density at radius 3 is 2.71 bits per heavy atom. The molecule has 0 amide bonds. The molecule has 0 saturated carbocycles. The molecule has 3 rings (SSSR count). The molecule has 0 unspecified atom stereocenters. The van der Waals surface area contributed by atoms with Gasteiger partial charge in [0.1, 0.15) is 5.82 Å². The fourth-order valence-electron chi connectivity index (χ4n) is 1.76. The van der Waals surface area contributed by atoms with Crippen LogP contribution in [0.1, 0.15) is 0 Å². The Hall–Kier alpha value is -1.96. The first-order valence-electron chi connectivity index (χ1n) is 4.65. The first-order chi connectivity index (χ1) is 6.95. The van der Waals surface area contributed by atoms with Gasteiger partial charge in [-0.25, -0.2) is 0 Å². The van der Waals surface area contributed by atoms with Crippen LogP contribution in [0.2, 0.25) is 0 Å². The Kier molecular flexibility index (Phi) is 1.47. The first-order valence-corrected chi connectivity index (χ1v) is 4.65. The van der Waals surface area contributed by atoms with E-state index < -0.39 is 0 Å². The number of aromatic nitrogens is 2. The number of H-pyrrole nitrogens is 1. The second-order valence-electron chi connectivity index (χ2n) is 3.30. The van der Waals surface area contributed by atoms with E-state index in [1.54, 1.807) is 0 Å². The van der Waals surface area contributed by atoms with Crippen LogP contribution in [0.4, 0.5) is 0 Å². The SMILES string of the molecule is c1c[nH]c(-n2ccc3ccccc32)c1. The van der Waals surface area contributed by atoms with Crippen LogP contribution in [0.3, 0.4) is 0 Å².